The summed E-state index contributed by atoms with van der Waals surface area (Å²) in [5.41, 5.74) is 4.11. The van der Waals surface area contributed by atoms with Crippen LogP contribution in [0, 0.1) is 0 Å². The van der Waals surface area contributed by atoms with Gasteiger partial charge < -0.3 is 5.32 Å². The lowest BCUT2D eigenvalue weighted by Crippen LogP contribution is -2.35. The maximum atomic E-state index is 12.5. The second-order valence-electron chi connectivity index (χ2n) is 7.48. The van der Waals surface area contributed by atoms with Gasteiger partial charge in [-0.05, 0) is 68.4 Å². The summed E-state index contributed by atoms with van der Waals surface area (Å²) in [6.07, 6.45) is 5.14. The van der Waals surface area contributed by atoms with Crippen molar-refractivity contribution in [2.75, 3.05) is 5.32 Å². The Morgan fingerprint density at radius 2 is 1.96 bits per heavy atom. The summed E-state index contributed by atoms with van der Waals surface area (Å²) in [6.45, 7) is 3.75. The van der Waals surface area contributed by atoms with Crippen LogP contribution >= 0.6 is 0 Å². The SMILES string of the molecule is CC(C)n1ccc(S(=O)(=O)NC(=O)Nc2c3c(cc4c2CCC4=O)CCC3)n1. The lowest BCUT2D eigenvalue weighted by molar-refractivity contribution is 0.0994. The normalized spacial score (nSPS) is 15.6. The molecule has 28 heavy (non-hydrogen) atoms. The number of carbonyl (C=O) groups is 2. The fourth-order valence-corrected chi connectivity index (χ4v) is 4.73. The predicted octanol–water partition coefficient (Wildman–Crippen LogP) is 2.59. The smallest absolute Gasteiger partial charge is 0.307 e. The molecule has 1 aromatic carbocycles. The molecule has 0 spiro atoms. The van der Waals surface area contributed by atoms with E-state index in [1.165, 1.54) is 10.7 Å². The van der Waals surface area contributed by atoms with Gasteiger partial charge in [-0.2, -0.15) is 13.5 Å². The Balaban J connectivity index is 1.59. The van der Waals surface area contributed by atoms with Crippen LogP contribution in [0.3, 0.4) is 0 Å². The van der Waals surface area contributed by atoms with E-state index in [2.05, 4.69) is 10.4 Å². The number of carbonyl (C=O) groups excluding carboxylic acids is 2. The van der Waals surface area contributed by atoms with Crippen molar-refractivity contribution in [2.45, 2.75) is 57.0 Å². The van der Waals surface area contributed by atoms with Crippen molar-refractivity contribution in [3.05, 3.63) is 40.6 Å². The number of hydrogen-bond donors (Lipinski definition) is 2. The third kappa shape index (κ3) is 3.19. The summed E-state index contributed by atoms with van der Waals surface area (Å²) in [5.74, 6) is 0.0694. The van der Waals surface area contributed by atoms with Crippen molar-refractivity contribution in [2.24, 2.45) is 0 Å². The van der Waals surface area contributed by atoms with Crippen molar-refractivity contribution in [3.63, 3.8) is 0 Å². The number of nitrogens with zero attached hydrogens (tertiary/aromatic N) is 2. The summed E-state index contributed by atoms with van der Waals surface area (Å²) in [6, 6.07) is 2.45. The Morgan fingerprint density at radius 3 is 2.68 bits per heavy atom. The molecule has 8 nitrogen and oxygen atoms in total. The van der Waals surface area contributed by atoms with E-state index in [1.807, 2.05) is 24.6 Å². The molecule has 1 heterocycles. The summed E-state index contributed by atoms with van der Waals surface area (Å²) in [5, 5.41) is 6.50. The minimum Gasteiger partial charge on any atom is -0.307 e. The van der Waals surface area contributed by atoms with E-state index in [4.69, 9.17) is 0 Å². The highest BCUT2D eigenvalue weighted by Crippen LogP contribution is 2.38. The highest BCUT2D eigenvalue weighted by molar-refractivity contribution is 7.90. The third-order valence-electron chi connectivity index (χ3n) is 5.26. The van der Waals surface area contributed by atoms with Gasteiger partial charge in [0.2, 0.25) is 0 Å². The molecule has 0 saturated carbocycles. The Bertz CT molecular complexity index is 1090. The molecule has 2 amide bonds. The maximum absolute atomic E-state index is 12.5. The van der Waals surface area contributed by atoms with Crippen LogP contribution in [0.5, 0.6) is 0 Å². The zero-order valence-electron chi connectivity index (χ0n) is 15.8. The topological polar surface area (TPSA) is 110 Å². The molecule has 0 bridgehead atoms. The third-order valence-corrected chi connectivity index (χ3v) is 6.49. The zero-order valence-corrected chi connectivity index (χ0v) is 16.6. The van der Waals surface area contributed by atoms with Gasteiger partial charge >= 0.3 is 6.03 Å². The van der Waals surface area contributed by atoms with Crippen LogP contribution in [0.2, 0.25) is 0 Å². The molecule has 0 fully saturated rings. The van der Waals surface area contributed by atoms with Gasteiger partial charge in [0.05, 0.1) is 0 Å². The minimum atomic E-state index is -4.09. The second-order valence-corrected chi connectivity index (χ2v) is 9.11. The predicted molar refractivity (Wildman–Crippen MR) is 103 cm³/mol. The van der Waals surface area contributed by atoms with Gasteiger partial charge in [0.1, 0.15) is 0 Å². The Morgan fingerprint density at radius 1 is 1.18 bits per heavy atom. The zero-order chi connectivity index (χ0) is 20.1. The van der Waals surface area contributed by atoms with Gasteiger partial charge in [0.25, 0.3) is 10.0 Å². The number of amides is 2. The first-order chi connectivity index (χ1) is 13.3. The van der Waals surface area contributed by atoms with Crippen molar-refractivity contribution in [3.8, 4) is 0 Å². The van der Waals surface area contributed by atoms with Crippen LogP contribution in [0.1, 0.15) is 59.8 Å². The molecule has 148 valence electrons. The second kappa shape index (κ2) is 6.73. The molecule has 2 aromatic rings. The van der Waals surface area contributed by atoms with Gasteiger partial charge in [-0.25, -0.2) is 9.52 Å². The van der Waals surface area contributed by atoms with E-state index in [1.54, 1.807) is 6.20 Å². The molecule has 0 radical (unpaired) electrons. The molecule has 2 aliphatic carbocycles. The molecule has 2 aliphatic rings. The number of anilines is 1. The highest BCUT2D eigenvalue weighted by Gasteiger charge is 2.30. The van der Waals surface area contributed by atoms with E-state index < -0.39 is 16.1 Å². The Kier molecular flexibility index (Phi) is 4.49. The van der Waals surface area contributed by atoms with Gasteiger partial charge in [0.15, 0.2) is 10.8 Å². The van der Waals surface area contributed by atoms with Crippen LogP contribution in [0.4, 0.5) is 10.5 Å². The van der Waals surface area contributed by atoms with Crippen LogP contribution in [0.25, 0.3) is 0 Å². The van der Waals surface area contributed by atoms with Gasteiger partial charge in [-0.3, -0.25) is 9.48 Å². The van der Waals surface area contributed by atoms with Crippen LogP contribution in [-0.4, -0.2) is 30.0 Å². The van der Waals surface area contributed by atoms with Crippen molar-refractivity contribution in [1.82, 2.24) is 14.5 Å². The quantitative estimate of drug-likeness (QED) is 0.817. The molecular formula is C19H22N4O4S. The number of Topliss-reactive ketones (excluding diaryl/α,β-unsaturated/α-hetero) is 1. The standard InChI is InChI=1S/C19H22N4O4S/c1-11(2)23-9-8-17(21-23)28(26,27)22-19(25)20-18-13-5-3-4-12(13)10-15-14(18)6-7-16(15)24/h8-11H,3-7H2,1-2H3,(H2,20,22,25). The van der Waals surface area contributed by atoms with E-state index in [-0.39, 0.29) is 16.9 Å². The molecule has 2 N–H and O–H groups in total. The Labute approximate surface area is 163 Å². The summed E-state index contributed by atoms with van der Waals surface area (Å²) in [4.78, 5) is 24.6. The van der Waals surface area contributed by atoms with Gasteiger partial charge in [-0.15, -0.1) is 0 Å². The molecule has 0 aliphatic heterocycles. The minimum absolute atomic E-state index is 0.00445. The summed E-state index contributed by atoms with van der Waals surface area (Å²) in [7, 11) is -4.09. The monoisotopic (exact) mass is 402 g/mol. The number of benzene rings is 1. The lowest BCUT2D eigenvalue weighted by Gasteiger charge is -2.16. The molecule has 1 aromatic heterocycles. The Hall–Kier alpha value is -2.68. The van der Waals surface area contributed by atoms with E-state index in [0.717, 1.165) is 36.0 Å². The number of ketones is 1. The van der Waals surface area contributed by atoms with Crippen LogP contribution in [-0.2, 0) is 29.3 Å². The largest absolute Gasteiger partial charge is 0.333 e. The number of aromatic nitrogens is 2. The number of nitrogens with one attached hydrogen (secondary N) is 2. The molecule has 4 rings (SSSR count). The van der Waals surface area contributed by atoms with E-state index in [9.17, 15) is 18.0 Å². The fraction of sp³-hybridized carbons (Fsp3) is 0.421. The molecule has 0 unspecified atom stereocenters. The first-order valence-electron chi connectivity index (χ1n) is 9.36. The number of hydrogen-bond acceptors (Lipinski definition) is 5. The average molecular weight is 402 g/mol. The molecular weight excluding hydrogens is 380 g/mol. The first-order valence-corrected chi connectivity index (χ1v) is 10.8. The van der Waals surface area contributed by atoms with Crippen molar-refractivity contribution >= 4 is 27.5 Å². The number of sulfonamides is 1. The van der Waals surface area contributed by atoms with Gasteiger partial charge in [0, 0.05) is 29.9 Å². The summed E-state index contributed by atoms with van der Waals surface area (Å²) >= 11 is 0. The average Bonchev–Trinajstić information content (AvgIpc) is 3.34. The first kappa shape index (κ1) is 18.7. The fourth-order valence-electron chi connectivity index (χ4n) is 3.89. The highest BCUT2D eigenvalue weighted by atomic mass is 32.2. The number of aryl methyl sites for hydroxylation is 1. The number of fused-ring (bicyclic) bond motifs is 2. The van der Waals surface area contributed by atoms with Crippen molar-refractivity contribution in [1.29, 1.82) is 0 Å². The van der Waals surface area contributed by atoms with Crippen LogP contribution < -0.4 is 10.0 Å². The van der Waals surface area contributed by atoms with Gasteiger partial charge in [-0.1, -0.05) is 0 Å². The molecule has 9 heteroatoms. The molecule has 0 saturated heterocycles. The maximum Gasteiger partial charge on any atom is 0.333 e. The van der Waals surface area contributed by atoms with Crippen LogP contribution in [0.15, 0.2) is 23.4 Å². The number of urea groups is 1. The molecule has 0 atom stereocenters. The number of rotatable bonds is 4. The lowest BCUT2D eigenvalue weighted by atomic mass is 9.98. The summed E-state index contributed by atoms with van der Waals surface area (Å²) < 4.78 is 28.5. The van der Waals surface area contributed by atoms with Crippen molar-refractivity contribution < 1.29 is 18.0 Å². The van der Waals surface area contributed by atoms with E-state index >= 15 is 0 Å². The van der Waals surface area contributed by atoms with E-state index in [0.29, 0.717) is 24.1 Å².